The zero-order valence-corrected chi connectivity index (χ0v) is 6.37. The van der Waals surface area contributed by atoms with Gasteiger partial charge in [0.05, 0.1) is 6.61 Å². The van der Waals surface area contributed by atoms with Gasteiger partial charge in [0.1, 0.15) is 6.61 Å². The highest BCUT2D eigenvalue weighted by Crippen LogP contribution is 1.89. The SMILES string of the molecule is C=C(C)C(=O)OCCO.[CH]=O. The minimum Gasteiger partial charge on any atom is -0.460 e. The second kappa shape index (κ2) is 8.84. The van der Waals surface area contributed by atoms with Crippen molar-refractivity contribution in [2.45, 2.75) is 6.92 Å². The monoisotopic (exact) mass is 159 g/mol. The lowest BCUT2D eigenvalue weighted by Gasteiger charge is -1.99. The Balaban J connectivity index is 0. The maximum Gasteiger partial charge on any atom is 0.333 e. The molecule has 0 rings (SSSR count). The van der Waals surface area contributed by atoms with Gasteiger partial charge in [-0.15, -0.1) is 0 Å². The molecular weight excluding hydrogens is 148 g/mol. The summed E-state index contributed by atoms with van der Waals surface area (Å²) in [7, 11) is 0. The Morgan fingerprint density at radius 1 is 1.64 bits per heavy atom. The van der Waals surface area contributed by atoms with Gasteiger partial charge in [-0.25, -0.2) is 4.79 Å². The first kappa shape index (κ1) is 12.5. The normalized spacial score (nSPS) is 7.45. The molecule has 4 heteroatoms. The van der Waals surface area contributed by atoms with E-state index in [2.05, 4.69) is 18.1 Å². The van der Waals surface area contributed by atoms with E-state index in [1.807, 2.05) is 0 Å². The summed E-state index contributed by atoms with van der Waals surface area (Å²) in [5.74, 6) is -0.455. The van der Waals surface area contributed by atoms with Crippen molar-refractivity contribution in [1.82, 2.24) is 0 Å². The van der Waals surface area contributed by atoms with Gasteiger partial charge in [0.2, 0.25) is 0 Å². The Morgan fingerprint density at radius 3 is 2.36 bits per heavy atom. The van der Waals surface area contributed by atoms with Gasteiger partial charge < -0.3 is 9.84 Å². The van der Waals surface area contributed by atoms with E-state index in [4.69, 9.17) is 9.90 Å². The van der Waals surface area contributed by atoms with Crippen LogP contribution < -0.4 is 0 Å². The van der Waals surface area contributed by atoms with E-state index < -0.39 is 5.97 Å². The van der Waals surface area contributed by atoms with Crippen LogP contribution in [0.25, 0.3) is 0 Å². The van der Waals surface area contributed by atoms with Gasteiger partial charge in [-0.1, -0.05) is 6.58 Å². The summed E-state index contributed by atoms with van der Waals surface area (Å²) in [5.41, 5.74) is 0.350. The van der Waals surface area contributed by atoms with E-state index >= 15 is 0 Å². The molecule has 0 aliphatic rings. The highest BCUT2D eigenvalue weighted by molar-refractivity contribution is 5.86. The molecule has 1 N–H and O–H groups in total. The van der Waals surface area contributed by atoms with Crippen LogP contribution in [0.4, 0.5) is 0 Å². The molecule has 0 aromatic heterocycles. The Labute approximate surface area is 65.5 Å². The summed E-state index contributed by atoms with van der Waals surface area (Å²) in [6.07, 6.45) is 0. The largest absolute Gasteiger partial charge is 0.460 e. The third-order valence-electron chi connectivity index (χ3n) is 0.673. The molecule has 0 aromatic rings. The number of aliphatic hydroxyl groups excluding tert-OH is 1. The van der Waals surface area contributed by atoms with Gasteiger partial charge in [0.15, 0.2) is 6.79 Å². The van der Waals surface area contributed by atoms with Crippen molar-refractivity contribution in [3.63, 3.8) is 0 Å². The molecule has 0 aliphatic heterocycles. The summed E-state index contributed by atoms with van der Waals surface area (Å²) < 4.78 is 4.46. The zero-order valence-electron chi connectivity index (χ0n) is 6.37. The van der Waals surface area contributed by atoms with Crippen LogP contribution in [0.2, 0.25) is 0 Å². The van der Waals surface area contributed by atoms with E-state index in [0.717, 1.165) is 0 Å². The van der Waals surface area contributed by atoms with Gasteiger partial charge in [0.25, 0.3) is 0 Å². The molecule has 11 heavy (non-hydrogen) atoms. The number of ether oxygens (including phenoxy) is 1. The van der Waals surface area contributed by atoms with Crippen LogP contribution in [0.5, 0.6) is 0 Å². The third kappa shape index (κ3) is 8.84. The van der Waals surface area contributed by atoms with Crippen LogP contribution in [0, 0.1) is 0 Å². The molecule has 0 saturated heterocycles. The third-order valence-corrected chi connectivity index (χ3v) is 0.673. The predicted molar refractivity (Wildman–Crippen MR) is 39.6 cm³/mol. The molecule has 0 heterocycles. The lowest BCUT2D eigenvalue weighted by molar-refractivity contribution is -0.139. The molecule has 0 fully saturated rings. The van der Waals surface area contributed by atoms with Crippen LogP contribution in [0.15, 0.2) is 12.2 Å². The van der Waals surface area contributed by atoms with Gasteiger partial charge in [0, 0.05) is 5.57 Å². The minimum absolute atomic E-state index is 0.0473. The summed E-state index contributed by atoms with van der Waals surface area (Å²) in [6, 6.07) is 0. The van der Waals surface area contributed by atoms with E-state index in [1.165, 1.54) is 0 Å². The van der Waals surface area contributed by atoms with Crippen LogP contribution >= 0.6 is 0 Å². The van der Waals surface area contributed by atoms with Crippen molar-refractivity contribution in [3.05, 3.63) is 12.2 Å². The zero-order chi connectivity index (χ0) is 9.28. The first-order valence-electron chi connectivity index (χ1n) is 2.85. The molecule has 0 spiro atoms. The number of hydrogen-bond donors (Lipinski definition) is 1. The number of carbonyl (C=O) groups excluding carboxylic acids is 2. The second-order valence-electron chi connectivity index (χ2n) is 1.64. The Kier molecular flexibility index (Phi) is 10.1. The molecule has 0 unspecified atom stereocenters. The highest BCUT2D eigenvalue weighted by Gasteiger charge is 1.99. The van der Waals surface area contributed by atoms with Crippen molar-refractivity contribution in [2.75, 3.05) is 13.2 Å². The smallest absolute Gasteiger partial charge is 0.333 e. The van der Waals surface area contributed by atoms with Crippen LogP contribution in [0.1, 0.15) is 6.92 Å². The first-order valence-corrected chi connectivity index (χ1v) is 2.85. The lowest BCUT2D eigenvalue weighted by atomic mass is 10.4. The molecule has 0 amide bonds. The predicted octanol–water partition coefficient (Wildman–Crippen LogP) is -0.176. The van der Waals surface area contributed by atoms with Gasteiger partial charge in [-0.2, -0.15) is 0 Å². The number of hydrogen-bond acceptors (Lipinski definition) is 4. The Bertz CT molecular complexity index is 130. The van der Waals surface area contributed by atoms with Crippen molar-refractivity contribution in [3.8, 4) is 0 Å². The van der Waals surface area contributed by atoms with Crippen LogP contribution in [-0.2, 0) is 14.3 Å². The fraction of sp³-hybridized carbons (Fsp3) is 0.429. The molecule has 4 nitrogen and oxygen atoms in total. The molecule has 0 bridgehead atoms. The number of esters is 1. The molecule has 0 atom stereocenters. The van der Waals surface area contributed by atoms with E-state index in [0.29, 0.717) is 5.57 Å². The number of rotatable bonds is 3. The van der Waals surface area contributed by atoms with Crippen molar-refractivity contribution >= 4 is 12.8 Å². The standard InChI is InChI=1S/C6H10O3.CHO/c1-5(2)6(8)9-4-3-7;1-2/h7H,1,3-4H2,2H3;1H. The topological polar surface area (TPSA) is 63.6 Å². The summed E-state index contributed by atoms with van der Waals surface area (Å²) >= 11 is 0. The first-order chi connectivity index (χ1) is 5.18. The molecule has 63 valence electrons. The van der Waals surface area contributed by atoms with E-state index in [-0.39, 0.29) is 13.2 Å². The molecule has 0 aromatic carbocycles. The Morgan fingerprint density at radius 2 is 2.09 bits per heavy atom. The number of carbonyl (C=O) groups is 1. The maximum absolute atomic E-state index is 10.5. The fourth-order valence-corrected chi connectivity index (χ4v) is 0.262. The highest BCUT2D eigenvalue weighted by atomic mass is 16.5. The fourth-order valence-electron chi connectivity index (χ4n) is 0.262. The quantitative estimate of drug-likeness (QED) is 0.352. The summed E-state index contributed by atoms with van der Waals surface area (Å²) in [5, 5.41) is 8.19. The van der Waals surface area contributed by atoms with Crippen molar-refractivity contribution in [1.29, 1.82) is 0 Å². The summed E-state index contributed by atoms with van der Waals surface area (Å²) in [6.45, 7) is 8.06. The molecule has 0 aliphatic carbocycles. The van der Waals surface area contributed by atoms with E-state index in [9.17, 15) is 4.79 Å². The average molecular weight is 159 g/mol. The van der Waals surface area contributed by atoms with Crippen molar-refractivity contribution < 1.29 is 19.4 Å². The molecule has 0 saturated carbocycles. The maximum atomic E-state index is 10.5. The van der Waals surface area contributed by atoms with Crippen LogP contribution in [-0.4, -0.2) is 31.1 Å². The van der Waals surface area contributed by atoms with Crippen molar-refractivity contribution in [2.24, 2.45) is 0 Å². The minimum atomic E-state index is -0.455. The molecule has 1 radical (unpaired) electrons. The number of aliphatic hydroxyl groups is 1. The molecular formula is C7H11O4. The van der Waals surface area contributed by atoms with Crippen LogP contribution in [0.3, 0.4) is 0 Å². The lowest BCUT2D eigenvalue weighted by Crippen LogP contribution is -2.08. The summed E-state index contributed by atoms with van der Waals surface area (Å²) in [4.78, 5) is 18.2. The average Bonchev–Trinajstić information content (AvgIpc) is 2.03. The second-order valence-corrected chi connectivity index (χ2v) is 1.64. The Hall–Kier alpha value is -1.16. The van der Waals surface area contributed by atoms with Gasteiger partial charge in [-0.05, 0) is 6.92 Å². The van der Waals surface area contributed by atoms with E-state index in [1.54, 1.807) is 6.92 Å². The van der Waals surface area contributed by atoms with Gasteiger partial charge in [-0.3, -0.25) is 4.79 Å². The van der Waals surface area contributed by atoms with Gasteiger partial charge >= 0.3 is 5.97 Å².